The highest BCUT2D eigenvalue weighted by atomic mass is 32.1. The summed E-state index contributed by atoms with van der Waals surface area (Å²) in [4.78, 5) is 26.1. The predicted octanol–water partition coefficient (Wildman–Crippen LogP) is 0.998. The number of nitrogens with zero attached hydrogens (tertiary/aromatic N) is 3. The van der Waals surface area contributed by atoms with Crippen LogP contribution in [0.5, 0.6) is 0 Å². The van der Waals surface area contributed by atoms with Crippen molar-refractivity contribution in [1.82, 2.24) is 20.5 Å². The average Bonchev–Trinajstić information content (AvgIpc) is 3.15. The SMILES string of the molecule is Cc1[nH]c(=O)ccc1N(N)/C=C(\N)C(=O)NCc1nnc(-c2ccccc2)s1. The summed E-state index contributed by atoms with van der Waals surface area (Å²) < 4.78 is 0. The van der Waals surface area contributed by atoms with Crippen LogP contribution >= 0.6 is 11.3 Å². The molecule has 0 aliphatic heterocycles. The van der Waals surface area contributed by atoms with E-state index in [-0.39, 0.29) is 17.8 Å². The summed E-state index contributed by atoms with van der Waals surface area (Å²) in [5.41, 5.74) is 7.54. The van der Waals surface area contributed by atoms with Crippen molar-refractivity contribution in [3.05, 3.63) is 75.4 Å². The van der Waals surface area contributed by atoms with E-state index in [4.69, 9.17) is 11.6 Å². The van der Waals surface area contributed by atoms with Gasteiger partial charge in [0.15, 0.2) is 0 Å². The number of hydrogen-bond donors (Lipinski definition) is 4. The number of carbonyl (C=O) groups excluding carboxylic acids is 1. The molecule has 0 radical (unpaired) electrons. The molecule has 2 aromatic heterocycles. The second-order valence-corrected chi connectivity index (χ2v) is 6.94. The minimum absolute atomic E-state index is 0.0825. The van der Waals surface area contributed by atoms with Crippen molar-refractivity contribution < 1.29 is 4.79 Å². The maximum absolute atomic E-state index is 12.2. The molecule has 10 heteroatoms. The molecule has 3 aromatic rings. The number of aromatic amines is 1. The molecule has 0 aliphatic carbocycles. The molecule has 0 saturated heterocycles. The number of amides is 1. The van der Waals surface area contributed by atoms with E-state index in [2.05, 4.69) is 20.5 Å². The van der Waals surface area contributed by atoms with Gasteiger partial charge in [0.1, 0.15) is 15.7 Å². The number of nitrogens with two attached hydrogens (primary N) is 2. The maximum Gasteiger partial charge on any atom is 0.269 e. The zero-order valence-electron chi connectivity index (χ0n) is 15.0. The first-order valence-corrected chi connectivity index (χ1v) is 9.13. The molecular formula is C18H19N7O2S. The van der Waals surface area contributed by atoms with Crippen molar-refractivity contribution in [2.45, 2.75) is 13.5 Å². The number of benzene rings is 1. The van der Waals surface area contributed by atoms with Gasteiger partial charge >= 0.3 is 0 Å². The van der Waals surface area contributed by atoms with E-state index in [9.17, 15) is 9.59 Å². The monoisotopic (exact) mass is 397 g/mol. The van der Waals surface area contributed by atoms with Gasteiger partial charge in [-0.15, -0.1) is 10.2 Å². The molecule has 0 atom stereocenters. The summed E-state index contributed by atoms with van der Waals surface area (Å²) >= 11 is 1.39. The summed E-state index contributed by atoms with van der Waals surface area (Å²) in [6, 6.07) is 12.5. The van der Waals surface area contributed by atoms with Gasteiger partial charge in [-0.25, -0.2) is 5.84 Å². The number of rotatable bonds is 6. The highest BCUT2D eigenvalue weighted by Gasteiger charge is 2.11. The number of aromatic nitrogens is 3. The number of carbonyl (C=O) groups is 1. The van der Waals surface area contributed by atoms with Crippen molar-refractivity contribution >= 4 is 22.9 Å². The number of anilines is 1. The minimum atomic E-state index is -0.492. The zero-order valence-corrected chi connectivity index (χ0v) is 15.9. The molecule has 2 heterocycles. The van der Waals surface area contributed by atoms with Crippen LogP contribution in [0.1, 0.15) is 10.7 Å². The van der Waals surface area contributed by atoms with E-state index < -0.39 is 5.91 Å². The lowest BCUT2D eigenvalue weighted by Gasteiger charge is -2.16. The van der Waals surface area contributed by atoms with Crippen molar-refractivity contribution in [2.24, 2.45) is 11.6 Å². The second-order valence-electron chi connectivity index (χ2n) is 5.87. The minimum Gasteiger partial charge on any atom is -0.393 e. The predicted molar refractivity (Wildman–Crippen MR) is 108 cm³/mol. The average molecular weight is 397 g/mol. The molecule has 0 spiro atoms. The molecule has 0 aliphatic rings. The summed E-state index contributed by atoms with van der Waals surface area (Å²) in [6.45, 7) is 1.89. The highest BCUT2D eigenvalue weighted by Crippen LogP contribution is 2.22. The zero-order chi connectivity index (χ0) is 20.1. The Morgan fingerprint density at radius 2 is 2.00 bits per heavy atom. The van der Waals surface area contributed by atoms with E-state index in [0.29, 0.717) is 16.4 Å². The van der Waals surface area contributed by atoms with Gasteiger partial charge in [0.2, 0.25) is 5.56 Å². The third-order valence-electron chi connectivity index (χ3n) is 3.79. The molecule has 9 nitrogen and oxygen atoms in total. The Bertz CT molecular complexity index is 1060. The lowest BCUT2D eigenvalue weighted by molar-refractivity contribution is -0.117. The number of aryl methyl sites for hydroxylation is 1. The second kappa shape index (κ2) is 8.46. The van der Waals surface area contributed by atoms with Gasteiger partial charge in [0.25, 0.3) is 5.91 Å². The van der Waals surface area contributed by atoms with E-state index >= 15 is 0 Å². The van der Waals surface area contributed by atoms with Crippen molar-refractivity contribution in [1.29, 1.82) is 0 Å². The normalized spacial score (nSPS) is 11.3. The van der Waals surface area contributed by atoms with Crippen LogP contribution in [0, 0.1) is 6.92 Å². The first kappa shape index (κ1) is 19.3. The van der Waals surface area contributed by atoms with Gasteiger partial charge in [-0.05, 0) is 13.0 Å². The van der Waals surface area contributed by atoms with Crippen LogP contribution in [0.3, 0.4) is 0 Å². The van der Waals surface area contributed by atoms with Gasteiger partial charge in [-0.3, -0.25) is 14.6 Å². The Hall–Kier alpha value is -3.50. The van der Waals surface area contributed by atoms with Crippen LogP contribution < -0.4 is 27.5 Å². The Morgan fingerprint density at radius 1 is 1.25 bits per heavy atom. The first-order chi connectivity index (χ1) is 13.4. The maximum atomic E-state index is 12.2. The van der Waals surface area contributed by atoms with Crippen molar-refractivity contribution in [3.8, 4) is 10.6 Å². The van der Waals surface area contributed by atoms with Crippen molar-refractivity contribution in [2.75, 3.05) is 5.01 Å². The van der Waals surface area contributed by atoms with E-state index in [0.717, 1.165) is 10.6 Å². The molecule has 0 fully saturated rings. The molecule has 0 unspecified atom stereocenters. The fraction of sp³-hybridized carbons (Fsp3) is 0.111. The fourth-order valence-electron chi connectivity index (χ4n) is 2.41. The highest BCUT2D eigenvalue weighted by molar-refractivity contribution is 7.14. The Balaban J connectivity index is 1.62. The van der Waals surface area contributed by atoms with Crippen LogP contribution in [0.2, 0.25) is 0 Å². The van der Waals surface area contributed by atoms with Crippen LogP contribution in [0.4, 0.5) is 5.69 Å². The largest absolute Gasteiger partial charge is 0.393 e. The lowest BCUT2D eigenvalue weighted by atomic mass is 10.2. The molecule has 0 bridgehead atoms. The standard InChI is InChI=1S/C18H19N7O2S/c1-11-14(7-8-15(26)22-11)25(20)10-13(19)17(27)21-9-16-23-24-18(28-16)12-5-3-2-4-6-12/h2-8,10H,9,19-20H2,1H3,(H,21,27)(H,22,26)/b13-10-. The van der Waals surface area contributed by atoms with E-state index in [1.165, 1.54) is 28.6 Å². The van der Waals surface area contributed by atoms with Crippen molar-refractivity contribution in [3.63, 3.8) is 0 Å². The molecule has 3 rings (SSSR count). The molecule has 6 N–H and O–H groups in total. The summed E-state index contributed by atoms with van der Waals surface area (Å²) in [5, 5.41) is 13.5. The number of pyridine rings is 1. The third-order valence-corrected chi connectivity index (χ3v) is 4.77. The van der Waals surface area contributed by atoms with Crippen LogP contribution in [-0.2, 0) is 11.3 Å². The molecule has 28 heavy (non-hydrogen) atoms. The third kappa shape index (κ3) is 4.61. The van der Waals surface area contributed by atoms with Gasteiger partial charge in [-0.1, -0.05) is 41.7 Å². The van der Waals surface area contributed by atoms with Crippen LogP contribution in [0.25, 0.3) is 10.6 Å². The van der Waals surface area contributed by atoms with Gasteiger partial charge in [0.05, 0.1) is 18.4 Å². The van der Waals surface area contributed by atoms with E-state index in [1.807, 2.05) is 30.3 Å². The molecule has 0 saturated carbocycles. The molecule has 1 aromatic carbocycles. The number of H-pyrrole nitrogens is 1. The lowest BCUT2D eigenvalue weighted by Crippen LogP contribution is -2.33. The first-order valence-electron chi connectivity index (χ1n) is 8.31. The summed E-state index contributed by atoms with van der Waals surface area (Å²) in [5.74, 6) is 5.42. The topological polar surface area (TPSA) is 143 Å². The summed E-state index contributed by atoms with van der Waals surface area (Å²) in [6.07, 6.45) is 1.28. The van der Waals surface area contributed by atoms with Gasteiger partial charge in [0, 0.05) is 17.3 Å². The number of nitrogens with one attached hydrogen (secondary N) is 2. The molecule has 144 valence electrons. The smallest absolute Gasteiger partial charge is 0.269 e. The van der Waals surface area contributed by atoms with Crippen LogP contribution in [-0.4, -0.2) is 21.1 Å². The van der Waals surface area contributed by atoms with Gasteiger partial charge in [-0.2, -0.15) is 0 Å². The van der Waals surface area contributed by atoms with E-state index in [1.54, 1.807) is 13.0 Å². The summed E-state index contributed by atoms with van der Waals surface area (Å²) in [7, 11) is 0. The molecular weight excluding hydrogens is 378 g/mol. The number of hydrazine groups is 1. The molecule has 1 amide bonds. The quantitative estimate of drug-likeness (QED) is 0.276. The van der Waals surface area contributed by atoms with Gasteiger partial charge < -0.3 is 16.0 Å². The Kier molecular flexibility index (Phi) is 5.82. The fourth-order valence-corrected chi connectivity index (χ4v) is 3.19. The van der Waals surface area contributed by atoms with Crippen LogP contribution in [0.15, 0.2) is 59.2 Å². The Labute approximate surface area is 164 Å². The Morgan fingerprint density at radius 3 is 2.71 bits per heavy atom. The number of hydrogen-bond acceptors (Lipinski definition) is 8.